The number of anilines is 2. The Labute approximate surface area is 140 Å². The van der Waals surface area contributed by atoms with Crippen molar-refractivity contribution in [3.8, 4) is 5.75 Å². The summed E-state index contributed by atoms with van der Waals surface area (Å²) in [5, 5.41) is 1.03. The monoisotopic (exact) mass is 320 g/mol. The molecule has 1 N–H and O–H groups in total. The number of nitrogens with zero attached hydrogens (tertiary/aromatic N) is 1. The minimum absolute atomic E-state index is 0.0136. The molecule has 0 bridgehead atoms. The summed E-state index contributed by atoms with van der Waals surface area (Å²) in [5.74, 6) is 0.697. The van der Waals surface area contributed by atoms with Crippen LogP contribution in [0, 0.1) is 6.92 Å². The van der Waals surface area contributed by atoms with Gasteiger partial charge in [-0.1, -0.05) is 30.3 Å². The maximum Gasteiger partial charge on any atom is 0.253 e. The van der Waals surface area contributed by atoms with Crippen molar-refractivity contribution in [1.82, 2.24) is 4.98 Å². The van der Waals surface area contributed by atoms with Gasteiger partial charge < -0.3 is 14.6 Å². The second kappa shape index (κ2) is 5.71. The van der Waals surface area contributed by atoms with Gasteiger partial charge in [-0.3, -0.25) is 4.79 Å². The summed E-state index contributed by atoms with van der Waals surface area (Å²) in [5.41, 5.74) is 5.01. The van der Waals surface area contributed by atoms with E-state index in [0.29, 0.717) is 5.75 Å². The highest BCUT2D eigenvalue weighted by molar-refractivity contribution is 5.98. The molecule has 0 unspecified atom stereocenters. The number of hydrogen-bond donors (Lipinski definition) is 1. The molecule has 4 heteroatoms. The van der Waals surface area contributed by atoms with Gasteiger partial charge in [0.05, 0.1) is 18.3 Å². The van der Waals surface area contributed by atoms with Crippen LogP contribution in [-0.4, -0.2) is 18.6 Å². The highest BCUT2D eigenvalue weighted by Crippen LogP contribution is 2.39. The largest absolute Gasteiger partial charge is 0.495 e. The number of pyridine rings is 1. The zero-order valence-electron chi connectivity index (χ0n) is 13.9. The van der Waals surface area contributed by atoms with Crippen molar-refractivity contribution in [3.05, 3.63) is 63.9 Å². The van der Waals surface area contributed by atoms with Crippen molar-refractivity contribution >= 4 is 22.3 Å². The van der Waals surface area contributed by atoms with Crippen LogP contribution in [0.1, 0.15) is 17.5 Å². The van der Waals surface area contributed by atoms with Crippen molar-refractivity contribution in [1.29, 1.82) is 0 Å². The minimum atomic E-state index is -0.0136. The second-order valence-electron chi connectivity index (χ2n) is 6.21. The Kier molecular flexibility index (Phi) is 3.53. The van der Waals surface area contributed by atoms with Gasteiger partial charge in [0.2, 0.25) is 0 Å². The van der Waals surface area contributed by atoms with Gasteiger partial charge in [-0.05, 0) is 37.5 Å². The molecule has 0 saturated carbocycles. The third-order valence-corrected chi connectivity index (χ3v) is 4.78. The third kappa shape index (κ3) is 2.18. The van der Waals surface area contributed by atoms with E-state index >= 15 is 0 Å². The lowest BCUT2D eigenvalue weighted by molar-refractivity contribution is 0.419. The first-order valence-corrected chi connectivity index (χ1v) is 8.25. The number of para-hydroxylation sites is 2. The first-order chi connectivity index (χ1) is 11.7. The normalized spacial score (nSPS) is 13.8. The smallest absolute Gasteiger partial charge is 0.253 e. The van der Waals surface area contributed by atoms with Crippen LogP contribution in [0.3, 0.4) is 0 Å². The van der Waals surface area contributed by atoms with E-state index in [1.54, 1.807) is 7.11 Å². The Morgan fingerprint density at radius 1 is 1.12 bits per heavy atom. The van der Waals surface area contributed by atoms with Gasteiger partial charge in [-0.15, -0.1) is 0 Å². The molecule has 0 amide bonds. The molecule has 1 aliphatic heterocycles. The first-order valence-electron chi connectivity index (χ1n) is 8.25. The van der Waals surface area contributed by atoms with E-state index in [0.717, 1.165) is 47.2 Å². The van der Waals surface area contributed by atoms with E-state index in [9.17, 15) is 4.79 Å². The van der Waals surface area contributed by atoms with Gasteiger partial charge in [0, 0.05) is 23.2 Å². The van der Waals surface area contributed by atoms with E-state index in [1.807, 2.05) is 24.3 Å². The predicted octanol–water partition coefficient (Wildman–Crippen LogP) is 3.93. The Hall–Kier alpha value is -2.75. The summed E-state index contributed by atoms with van der Waals surface area (Å²) in [6.45, 7) is 3.02. The standard InChI is InChI=1S/C20H20N2O2/c1-13-7-3-4-10-16(13)22-12-6-9-15-19(22)14-8-5-11-17(24-2)18(14)21-20(15)23/h3-5,7-8,10-11H,6,9,12H2,1-2H3,(H,21,23). The van der Waals surface area contributed by atoms with E-state index < -0.39 is 0 Å². The fraction of sp³-hybridized carbons (Fsp3) is 0.250. The van der Waals surface area contributed by atoms with E-state index in [2.05, 4.69) is 35.0 Å². The Balaban J connectivity index is 2.06. The highest BCUT2D eigenvalue weighted by atomic mass is 16.5. The second-order valence-corrected chi connectivity index (χ2v) is 6.21. The third-order valence-electron chi connectivity index (χ3n) is 4.78. The fourth-order valence-corrected chi connectivity index (χ4v) is 3.66. The summed E-state index contributed by atoms with van der Waals surface area (Å²) < 4.78 is 5.45. The van der Waals surface area contributed by atoms with Crippen LogP contribution >= 0.6 is 0 Å². The average molecular weight is 320 g/mol. The zero-order valence-corrected chi connectivity index (χ0v) is 13.9. The van der Waals surface area contributed by atoms with Gasteiger partial charge in [0.15, 0.2) is 0 Å². The molecule has 4 nitrogen and oxygen atoms in total. The number of fused-ring (bicyclic) bond motifs is 3. The Morgan fingerprint density at radius 2 is 1.96 bits per heavy atom. The molecule has 2 heterocycles. The molecule has 0 atom stereocenters. The summed E-state index contributed by atoms with van der Waals surface area (Å²) >= 11 is 0. The zero-order chi connectivity index (χ0) is 16.7. The maximum atomic E-state index is 12.7. The van der Waals surface area contributed by atoms with E-state index in [4.69, 9.17) is 4.74 Å². The van der Waals surface area contributed by atoms with Crippen LogP contribution in [0.4, 0.5) is 11.4 Å². The first kappa shape index (κ1) is 14.8. The number of H-pyrrole nitrogens is 1. The fourth-order valence-electron chi connectivity index (χ4n) is 3.66. The lowest BCUT2D eigenvalue weighted by Crippen LogP contribution is -2.30. The number of ether oxygens (including phenoxy) is 1. The van der Waals surface area contributed by atoms with Crippen LogP contribution in [0.5, 0.6) is 5.75 Å². The molecule has 3 aromatic rings. The maximum absolute atomic E-state index is 12.7. The Morgan fingerprint density at radius 3 is 2.75 bits per heavy atom. The van der Waals surface area contributed by atoms with Crippen LogP contribution in [-0.2, 0) is 6.42 Å². The van der Waals surface area contributed by atoms with Gasteiger partial charge in [0.1, 0.15) is 5.75 Å². The number of benzene rings is 2. The van der Waals surface area contributed by atoms with Gasteiger partial charge in [0.25, 0.3) is 5.56 Å². The molecule has 2 aromatic carbocycles. The molecule has 24 heavy (non-hydrogen) atoms. The van der Waals surface area contributed by atoms with Crippen LogP contribution in [0.15, 0.2) is 47.3 Å². The lowest BCUT2D eigenvalue weighted by atomic mass is 9.98. The van der Waals surface area contributed by atoms with Crippen LogP contribution in [0.2, 0.25) is 0 Å². The van der Waals surface area contributed by atoms with Gasteiger partial charge in [-0.25, -0.2) is 0 Å². The molecule has 4 rings (SSSR count). The van der Waals surface area contributed by atoms with Crippen molar-refractivity contribution in [2.24, 2.45) is 0 Å². The molecule has 0 fully saturated rings. The molecule has 0 aliphatic carbocycles. The van der Waals surface area contributed by atoms with Crippen molar-refractivity contribution in [2.45, 2.75) is 19.8 Å². The molecule has 1 aliphatic rings. The van der Waals surface area contributed by atoms with E-state index in [1.165, 1.54) is 5.56 Å². The number of aromatic amines is 1. The number of hydrogen-bond acceptors (Lipinski definition) is 3. The summed E-state index contributed by atoms with van der Waals surface area (Å²) in [6.07, 6.45) is 1.78. The SMILES string of the molecule is COc1cccc2c3c(c(=O)[nH]c12)CCCN3c1ccccc1C. The molecule has 0 saturated heterocycles. The molecule has 122 valence electrons. The predicted molar refractivity (Wildman–Crippen MR) is 97.6 cm³/mol. The molecule has 1 aromatic heterocycles. The van der Waals surface area contributed by atoms with Crippen molar-refractivity contribution < 1.29 is 4.74 Å². The lowest BCUT2D eigenvalue weighted by Gasteiger charge is -2.33. The number of rotatable bonds is 2. The molecule has 0 spiro atoms. The van der Waals surface area contributed by atoms with Crippen molar-refractivity contribution in [2.75, 3.05) is 18.6 Å². The van der Waals surface area contributed by atoms with Gasteiger partial charge in [-0.2, -0.15) is 0 Å². The summed E-state index contributed by atoms with van der Waals surface area (Å²) in [6, 6.07) is 14.2. The molecular weight excluding hydrogens is 300 g/mol. The quantitative estimate of drug-likeness (QED) is 0.778. The van der Waals surface area contributed by atoms with Crippen molar-refractivity contribution in [3.63, 3.8) is 0 Å². The molecule has 0 radical (unpaired) electrons. The van der Waals surface area contributed by atoms with Crippen LogP contribution < -0.4 is 15.2 Å². The highest BCUT2D eigenvalue weighted by Gasteiger charge is 2.25. The average Bonchev–Trinajstić information content (AvgIpc) is 2.61. The number of methoxy groups -OCH3 is 1. The van der Waals surface area contributed by atoms with Crippen LogP contribution in [0.25, 0.3) is 10.9 Å². The topological polar surface area (TPSA) is 45.3 Å². The molecular formula is C20H20N2O2. The summed E-state index contributed by atoms with van der Waals surface area (Å²) in [4.78, 5) is 18.0. The minimum Gasteiger partial charge on any atom is -0.495 e. The van der Waals surface area contributed by atoms with E-state index in [-0.39, 0.29) is 5.56 Å². The number of aryl methyl sites for hydroxylation is 1. The Bertz CT molecular complexity index is 975. The summed E-state index contributed by atoms with van der Waals surface area (Å²) in [7, 11) is 1.63. The number of aromatic nitrogens is 1. The van der Waals surface area contributed by atoms with Gasteiger partial charge >= 0.3 is 0 Å². The number of nitrogens with one attached hydrogen (secondary N) is 1.